The first-order valence-corrected chi connectivity index (χ1v) is 8.70. The highest BCUT2D eigenvalue weighted by Crippen LogP contribution is 2.56. The lowest BCUT2D eigenvalue weighted by Crippen LogP contribution is -2.58. The van der Waals surface area contributed by atoms with Gasteiger partial charge in [0.2, 0.25) is 0 Å². The zero-order valence-corrected chi connectivity index (χ0v) is 14.2. The van der Waals surface area contributed by atoms with Crippen LogP contribution in [0.15, 0.2) is 30.3 Å². The minimum atomic E-state index is -0.415. The second kappa shape index (κ2) is 5.23. The summed E-state index contributed by atoms with van der Waals surface area (Å²) in [6.07, 6.45) is 1.19. The summed E-state index contributed by atoms with van der Waals surface area (Å²) in [4.78, 5) is 17.2. The van der Waals surface area contributed by atoms with Crippen molar-refractivity contribution in [2.75, 3.05) is 13.1 Å². The lowest BCUT2D eigenvalue weighted by Gasteiger charge is -2.43. The van der Waals surface area contributed by atoms with Crippen molar-refractivity contribution in [3.05, 3.63) is 35.9 Å². The van der Waals surface area contributed by atoms with Gasteiger partial charge in [-0.25, -0.2) is 4.79 Å². The molecule has 0 spiro atoms. The van der Waals surface area contributed by atoms with Crippen LogP contribution in [0.3, 0.4) is 0 Å². The molecule has 0 radical (unpaired) electrons. The maximum absolute atomic E-state index is 12.6. The Balaban J connectivity index is 1.46. The fraction of sp³-hybridized carbons (Fsp3) is 0.632. The maximum Gasteiger partial charge on any atom is 0.410 e. The summed E-state index contributed by atoms with van der Waals surface area (Å²) in [5, 5.41) is 0. The Bertz CT molecular complexity index is 577. The van der Waals surface area contributed by atoms with Crippen molar-refractivity contribution in [2.24, 2.45) is 11.8 Å². The second-order valence-electron chi connectivity index (χ2n) is 8.27. The molecule has 0 aromatic heterocycles. The summed E-state index contributed by atoms with van der Waals surface area (Å²) in [6.45, 7) is 8.77. The molecule has 2 aliphatic heterocycles. The van der Waals surface area contributed by atoms with Gasteiger partial charge in [-0.15, -0.1) is 0 Å². The molecule has 0 N–H and O–H groups in total. The van der Waals surface area contributed by atoms with Crippen molar-refractivity contribution in [1.82, 2.24) is 9.80 Å². The molecule has 1 amide bonds. The number of carbonyl (C=O) groups excluding carboxylic acids is 1. The minimum absolute atomic E-state index is 0.112. The van der Waals surface area contributed by atoms with Crippen LogP contribution in [0.1, 0.15) is 32.8 Å². The van der Waals surface area contributed by atoms with Gasteiger partial charge < -0.3 is 4.74 Å². The van der Waals surface area contributed by atoms with Gasteiger partial charge in [0.15, 0.2) is 0 Å². The largest absolute Gasteiger partial charge is 0.444 e. The van der Waals surface area contributed by atoms with Crippen molar-refractivity contribution in [3.63, 3.8) is 0 Å². The molecule has 4 atom stereocenters. The molecule has 1 aromatic rings. The maximum atomic E-state index is 12.6. The highest BCUT2D eigenvalue weighted by molar-refractivity contribution is 5.70. The summed E-state index contributed by atoms with van der Waals surface area (Å²) in [5.74, 6) is 1.40. The highest BCUT2D eigenvalue weighted by atomic mass is 16.6. The van der Waals surface area contributed by atoms with Gasteiger partial charge in [0.05, 0.1) is 12.1 Å². The quantitative estimate of drug-likeness (QED) is 0.841. The van der Waals surface area contributed by atoms with E-state index < -0.39 is 5.60 Å². The summed E-state index contributed by atoms with van der Waals surface area (Å²) in [7, 11) is 0. The van der Waals surface area contributed by atoms with E-state index in [0.717, 1.165) is 19.6 Å². The summed E-state index contributed by atoms with van der Waals surface area (Å²) in [6, 6.07) is 11.3. The Morgan fingerprint density at radius 2 is 1.74 bits per heavy atom. The fourth-order valence-corrected chi connectivity index (χ4v) is 4.39. The number of fused-ring (bicyclic) bond motifs is 5. The molecule has 3 fully saturated rings. The van der Waals surface area contributed by atoms with E-state index in [0.29, 0.717) is 23.9 Å². The minimum Gasteiger partial charge on any atom is -0.444 e. The topological polar surface area (TPSA) is 32.8 Å². The van der Waals surface area contributed by atoms with Crippen LogP contribution >= 0.6 is 0 Å². The van der Waals surface area contributed by atoms with Crippen molar-refractivity contribution >= 4 is 6.09 Å². The first-order chi connectivity index (χ1) is 10.9. The van der Waals surface area contributed by atoms with Crippen LogP contribution in [0.5, 0.6) is 0 Å². The van der Waals surface area contributed by atoms with Crippen LogP contribution in [0.4, 0.5) is 4.79 Å². The molecule has 23 heavy (non-hydrogen) atoms. The number of piperidine rings is 1. The Labute approximate surface area is 138 Å². The van der Waals surface area contributed by atoms with Crippen LogP contribution in [0.25, 0.3) is 0 Å². The molecule has 2 bridgehead atoms. The second-order valence-corrected chi connectivity index (χ2v) is 8.27. The number of rotatable bonds is 2. The number of carbonyl (C=O) groups is 1. The normalized spacial score (nSPS) is 32.6. The van der Waals surface area contributed by atoms with Gasteiger partial charge in [-0.2, -0.15) is 0 Å². The summed E-state index contributed by atoms with van der Waals surface area (Å²) >= 11 is 0. The SMILES string of the molecule is CC(C)(C)OC(=O)N1[C@@H]2CN(Cc3ccccc3)C[C@H]1[C@H]1C[C@H]12. The van der Waals surface area contributed by atoms with E-state index in [9.17, 15) is 4.79 Å². The van der Waals surface area contributed by atoms with Crippen LogP contribution < -0.4 is 0 Å². The first kappa shape index (κ1) is 15.0. The van der Waals surface area contributed by atoms with E-state index >= 15 is 0 Å². The van der Waals surface area contributed by atoms with Crippen LogP contribution in [0.2, 0.25) is 0 Å². The average molecular weight is 314 g/mol. The highest BCUT2D eigenvalue weighted by Gasteiger charge is 2.63. The molecular formula is C19H26N2O2. The fourth-order valence-electron chi connectivity index (χ4n) is 4.39. The summed E-state index contributed by atoms with van der Waals surface area (Å²) in [5.41, 5.74) is 0.938. The molecular weight excluding hydrogens is 288 g/mol. The number of piperazine rings is 1. The van der Waals surface area contributed by atoms with Crippen molar-refractivity contribution < 1.29 is 9.53 Å². The molecule has 3 aliphatic rings. The number of nitrogens with zero attached hydrogens (tertiary/aromatic N) is 2. The number of hydrogen-bond acceptors (Lipinski definition) is 3. The van der Waals surface area contributed by atoms with E-state index in [1.54, 1.807) is 0 Å². The Morgan fingerprint density at radius 1 is 1.13 bits per heavy atom. The standard InChI is InChI=1S/C19H26N2O2/c1-19(2,3)23-18(22)21-16-11-20(10-13-7-5-4-6-8-13)12-17(21)15-9-14(15)16/h4-8,14-17H,9-12H2,1-3H3/t14-,15+,16-,17+. The molecule has 1 aliphatic carbocycles. The van der Waals surface area contributed by atoms with Gasteiger partial charge in [-0.05, 0) is 44.6 Å². The molecule has 4 heteroatoms. The molecule has 1 saturated carbocycles. The monoisotopic (exact) mass is 314 g/mol. The van der Waals surface area contributed by atoms with Crippen molar-refractivity contribution in [3.8, 4) is 0 Å². The zero-order valence-electron chi connectivity index (χ0n) is 14.2. The number of ether oxygens (including phenoxy) is 1. The summed E-state index contributed by atoms with van der Waals surface area (Å²) < 4.78 is 5.65. The van der Waals surface area contributed by atoms with Gasteiger partial charge in [-0.3, -0.25) is 9.80 Å². The molecule has 0 unspecified atom stereocenters. The van der Waals surface area contributed by atoms with Crippen LogP contribution in [-0.4, -0.2) is 46.7 Å². The first-order valence-electron chi connectivity index (χ1n) is 8.70. The zero-order chi connectivity index (χ0) is 16.2. The van der Waals surface area contributed by atoms with E-state index in [-0.39, 0.29) is 6.09 Å². The van der Waals surface area contributed by atoms with Crippen molar-refractivity contribution in [1.29, 1.82) is 0 Å². The molecule has 1 aromatic carbocycles. The van der Waals surface area contributed by atoms with E-state index in [1.807, 2.05) is 20.8 Å². The molecule has 2 heterocycles. The number of likely N-dealkylation sites (tertiary alicyclic amines) is 1. The third-order valence-electron chi connectivity index (χ3n) is 5.34. The van der Waals surface area contributed by atoms with E-state index in [2.05, 4.69) is 40.1 Å². The predicted molar refractivity (Wildman–Crippen MR) is 89.0 cm³/mol. The predicted octanol–water partition coefficient (Wildman–Crippen LogP) is 3.13. The third-order valence-corrected chi connectivity index (χ3v) is 5.34. The van der Waals surface area contributed by atoms with Gasteiger partial charge in [0.1, 0.15) is 5.60 Å². The lowest BCUT2D eigenvalue weighted by atomic mass is 10.1. The van der Waals surface area contributed by atoms with Crippen LogP contribution in [0, 0.1) is 11.8 Å². The van der Waals surface area contributed by atoms with Crippen molar-refractivity contribution in [2.45, 2.75) is 51.4 Å². The number of amides is 1. The molecule has 4 nitrogen and oxygen atoms in total. The smallest absolute Gasteiger partial charge is 0.410 e. The van der Waals surface area contributed by atoms with E-state index in [1.165, 1.54) is 12.0 Å². The Hall–Kier alpha value is -1.55. The van der Waals surface area contributed by atoms with E-state index in [4.69, 9.17) is 4.74 Å². The molecule has 4 rings (SSSR count). The lowest BCUT2D eigenvalue weighted by molar-refractivity contribution is -0.0142. The number of hydrogen-bond donors (Lipinski definition) is 0. The number of benzene rings is 1. The molecule has 124 valence electrons. The Kier molecular flexibility index (Phi) is 3.41. The van der Waals surface area contributed by atoms with Gasteiger partial charge in [0, 0.05) is 19.6 Å². The van der Waals surface area contributed by atoms with Gasteiger partial charge in [0.25, 0.3) is 0 Å². The Morgan fingerprint density at radius 3 is 2.30 bits per heavy atom. The van der Waals surface area contributed by atoms with Crippen LogP contribution in [-0.2, 0) is 11.3 Å². The average Bonchev–Trinajstić information content (AvgIpc) is 3.22. The van der Waals surface area contributed by atoms with Gasteiger partial charge >= 0.3 is 6.09 Å². The molecule has 2 saturated heterocycles. The third kappa shape index (κ3) is 2.85. The van der Waals surface area contributed by atoms with Gasteiger partial charge in [-0.1, -0.05) is 30.3 Å².